The van der Waals surface area contributed by atoms with Gasteiger partial charge in [-0.15, -0.1) is 15.3 Å². The van der Waals surface area contributed by atoms with E-state index in [-0.39, 0.29) is 12.5 Å². The third-order valence-corrected chi connectivity index (χ3v) is 4.25. The van der Waals surface area contributed by atoms with Gasteiger partial charge in [0.15, 0.2) is 12.4 Å². The first-order valence-electron chi connectivity index (χ1n) is 7.45. The van der Waals surface area contributed by atoms with Gasteiger partial charge < -0.3 is 9.15 Å². The number of hydrogen-bond donors (Lipinski definition) is 1. The van der Waals surface area contributed by atoms with Crippen LogP contribution in [-0.4, -0.2) is 32.3 Å². The first-order valence-corrected chi connectivity index (χ1v) is 8.27. The molecule has 0 saturated heterocycles. The van der Waals surface area contributed by atoms with Gasteiger partial charge >= 0.3 is 0 Å². The number of fused-ring (bicyclic) bond motifs is 1. The van der Waals surface area contributed by atoms with Crippen LogP contribution in [0.1, 0.15) is 5.56 Å². The zero-order valence-electron chi connectivity index (χ0n) is 13.2. The van der Waals surface area contributed by atoms with Gasteiger partial charge in [-0.2, -0.15) is 4.52 Å². The number of nitrogens with one attached hydrogen (secondary N) is 1. The summed E-state index contributed by atoms with van der Waals surface area (Å²) >= 11 is 1.22. The number of amides is 1. The van der Waals surface area contributed by atoms with Crippen molar-refractivity contribution < 1.29 is 13.9 Å². The van der Waals surface area contributed by atoms with E-state index in [0.29, 0.717) is 27.4 Å². The molecule has 0 aliphatic rings. The Kier molecular flexibility index (Phi) is 3.90. The lowest BCUT2D eigenvalue weighted by atomic mass is 10.2. The summed E-state index contributed by atoms with van der Waals surface area (Å²) in [7, 11) is 0. The Morgan fingerprint density at radius 3 is 2.96 bits per heavy atom. The Hall–Kier alpha value is -3.20. The molecule has 0 spiro atoms. The number of carbonyl (C=O) groups is 1. The fourth-order valence-electron chi connectivity index (χ4n) is 2.24. The van der Waals surface area contributed by atoms with Crippen molar-refractivity contribution in [2.24, 2.45) is 0 Å². The zero-order chi connectivity index (χ0) is 17.2. The summed E-state index contributed by atoms with van der Waals surface area (Å²) in [6, 6.07) is 11.0. The number of aromatic nitrogens is 4. The van der Waals surface area contributed by atoms with Crippen molar-refractivity contribution in [2.45, 2.75) is 6.92 Å². The first-order chi connectivity index (χ1) is 12.2. The average Bonchev–Trinajstić information content (AvgIpc) is 3.30. The Morgan fingerprint density at radius 2 is 2.16 bits per heavy atom. The zero-order valence-corrected chi connectivity index (χ0v) is 14.0. The van der Waals surface area contributed by atoms with E-state index in [4.69, 9.17) is 9.15 Å². The van der Waals surface area contributed by atoms with Crippen LogP contribution < -0.4 is 10.1 Å². The fraction of sp³-hybridized carbons (Fsp3) is 0.125. The lowest BCUT2D eigenvalue weighted by Crippen LogP contribution is -2.20. The van der Waals surface area contributed by atoms with Gasteiger partial charge in [-0.3, -0.25) is 10.1 Å². The highest BCUT2D eigenvalue weighted by Gasteiger charge is 2.16. The topological polar surface area (TPSA) is 94.5 Å². The predicted molar refractivity (Wildman–Crippen MR) is 91.7 cm³/mol. The molecule has 4 aromatic rings. The molecule has 1 N–H and O–H groups in total. The van der Waals surface area contributed by atoms with Gasteiger partial charge in [0.05, 0.1) is 6.26 Å². The molecule has 3 aromatic heterocycles. The van der Waals surface area contributed by atoms with Gasteiger partial charge in [0, 0.05) is 0 Å². The number of ether oxygens (including phenoxy) is 1. The van der Waals surface area contributed by atoms with Crippen LogP contribution in [0.4, 0.5) is 5.13 Å². The molecule has 126 valence electrons. The second-order valence-electron chi connectivity index (χ2n) is 5.20. The molecule has 0 radical (unpaired) electrons. The first kappa shape index (κ1) is 15.3. The summed E-state index contributed by atoms with van der Waals surface area (Å²) in [6.07, 6.45) is 1.55. The van der Waals surface area contributed by atoms with Gasteiger partial charge in [0.25, 0.3) is 5.91 Å². The van der Waals surface area contributed by atoms with E-state index in [1.807, 2.05) is 31.2 Å². The monoisotopic (exact) mass is 355 g/mol. The van der Waals surface area contributed by atoms with E-state index in [1.165, 1.54) is 15.9 Å². The molecule has 0 aliphatic heterocycles. The van der Waals surface area contributed by atoms with Crippen molar-refractivity contribution in [2.75, 3.05) is 11.9 Å². The summed E-state index contributed by atoms with van der Waals surface area (Å²) < 4.78 is 12.4. The van der Waals surface area contributed by atoms with Crippen molar-refractivity contribution in [3.8, 4) is 17.3 Å². The average molecular weight is 355 g/mol. The van der Waals surface area contributed by atoms with Gasteiger partial charge in [-0.1, -0.05) is 29.5 Å². The van der Waals surface area contributed by atoms with Gasteiger partial charge in [-0.25, -0.2) is 0 Å². The molecule has 4 rings (SSSR count). The highest BCUT2D eigenvalue weighted by Crippen LogP contribution is 2.24. The van der Waals surface area contributed by atoms with E-state index in [2.05, 4.69) is 20.6 Å². The quantitative estimate of drug-likeness (QED) is 0.591. The Labute approximate surface area is 146 Å². The van der Waals surface area contributed by atoms with Crippen LogP contribution in [0.15, 0.2) is 47.1 Å². The third kappa shape index (κ3) is 3.09. The van der Waals surface area contributed by atoms with Gasteiger partial charge in [0.2, 0.25) is 15.9 Å². The molecular formula is C16H13N5O3S. The van der Waals surface area contributed by atoms with E-state index in [1.54, 1.807) is 18.4 Å². The van der Waals surface area contributed by atoms with Crippen molar-refractivity contribution in [1.82, 2.24) is 19.8 Å². The SMILES string of the molecule is Cc1ccccc1OCC(=O)Nc1nn2c(-c3ccco3)nnc2s1. The Balaban J connectivity index is 1.46. The molecule has 0 unspecified atom stereocenters. The smallest absolute Gasteiger partial charge is 0.264 e. The van der Waals surface area contributed by atoms with E-state index in [0.717, 1.165) is 5.56 Å². The molecular weight excluding hydrogens is 342 g/mol. The minimum absolute atomic E-state index is 0.101. The van der Waals surface area contributed by atoms with Crippen LogP contribution in [0.3, 0.4) is 0 Å². The van der Waals surface area contributed by atoms with Gasteiger partial charge in [-0.05, 0) is 30.7 Å². The molecule has 0 fully saturated rings. The molecule has 0 atom stereocenters. The van der Waals surface area contributed by atoms with Crippen LogP contribution in [0, 0.1) is 6.92 Å². The third-order valence-electron chi connectivity index (χ3n) is 3.43. The highest BCUT2D eigenvalue weighted by atomic mass is 32.1. The number of furan rings is 1. The second kappa shape index (κ2) is 6.36. The van der Waals surface area contributed by atoms with Crippen LogP contribution in [0.5, 0.6) is 5.75 Å². The van der Waals surface area contributed by atoms with Crippen LogP contribution in [-0.2, 0) is 4.79 Å². The number of rotatable bonds is 5. The summed E-state index contributed by atoms with van der Waals surface area (Å²) in [5.41, 5.74) is 0.970. The molecule has 8 nitrogen and oxygen atoms in total. The number of nitrogens with zero attached hydrogens (tertiary/aromatic N) is 4. The lowest BCUT2D eigenvalue weighted by molar-refractivity contribution is -0.118. The Morgan fingerprint density at radius 1 is 1.28 bits per heavy atom. The van der Waals surface area contributed by atoms with E-state index in [9.17, 15) is 4.79 Å². The number of benzene rings is 1. The summed E-state index contributed by atoms with van der Waals surface area (Å²) in [5.74, 6) is 1.41. The number of anilines is 1. The molecule has 1 amide bonds. The number of hydrogen-bond acceptors (Lipinski definition) is 7. The van der Waals surface area contributed by atoms with E-state index >= 15 is 0 Å². The Bertz CT molecular complexity index is 1020. The van der Waals surface area contributed by atoms with Crippen molar-refractivity contribution >= 4 is 27.3 Å². The van der Waals surface area contributed by atoms with Crippen molar-refractivity contribution in [3.63, 3.8) is 0 Å². The lowest BCUT2D eigenvalue weighted by Gasteiger charge is -2.07. The molecule has 25 heavy (non-hydrogen) atoms. The van der Waals surface area contributed by atoms with E-state index < -0.39 is 0 Å². The maximum atomic E-state index is 12.1. The standard InChI is InChI=1S/C16H13N5O3S/c1-10-5-2-3-6-11(10)24-9-13(22)17-15-20-21-14(12-7-4-8-23-12)18-19-16(21)25-15/h2-8H,9H2,1H3,(H,17,20,22). The minimum Gasteiger partial charge on any atom is -0.483 e. The maximum Gasteiger partial charge on any atom is 0.264 e. The number of para-hydroxylation sites is 1. The second-order valence-corrected chi connectivity index (χ2v) is 6.16. The normalized spacial score (nSPS) is 10.9. The molecule has 3 heterocycles. The maximum absolute atomic E-state index is 12.1. The molecule has 0 aliphatic carbocycles. The van der Waals surface area contributed by atoms with Gasteiger partial charge in [0.1, 0.15) is 5.75 Å². The summed E-state index contributed by atoms with van der Waals surface area (Å²) in [6.45, 7) is 1.82. The van der Waals surface area contributed by atoms with Crippen molar-refractivity contribution in [3.05, 3.63) is 48.2 Å². The molecule has 0 bridgehead atoms. The largest absolute Gasteiger partial charge is 0.483 e. The molecule has 9 heteroatoms. The molecule has 0 saturated carbocycles. The minimum atomic E-state index is -0.298. The van der Waals surface area contributed by atoms with Crippen molar-refractivity contribution in [1.29, 1.82) is 0 Å². The van der Waals surface area contributed by atoms with Crippen LogP contribution in [0.2, 0.25) is 0 Å². The van der Waals surface area contributed by atoms with Crippen LogP contribution >= 0.6 is 11.3 Å². The number of aryl methyl sites for hydroxylation is 1. The number of carbonyl (C=O) groups excluding carboxylic acids is 1. The fourth-order valence-corrected chi connectivity index (χ4v) is 3.00. The predicted octanol–water partition coefficient (Wildman–Crippen LogP) is 2.77. The highest BCUT2D eigenvalue weighted by molar-refractivity contribution is 7.20. The summed E-state index contributed by atoms with van der Waals surface area (Å²) in [4.78, 5) is 12.6. The summed E-state index contributed by atoms with van der Waals surface area (Å²) in [5, 5.41) is 15.5. The molecule has 1 aromatic carbocycles. The van der Waals surface area contributed by atoms with Crippen LogP contribution in [0.25, 0.3) is 16.5 Å².